The summed E-state index contributed by atoms with van der Waals surface area (Å²) in [7, 11) is 1.62. The van der Waals surface area contributed by atoms with E-state index in [2.05, 4.69) is 10.6 Å². The minimum Gasteiger partial charge on any atom is -0.497 e. The first-order chi connectivity index (χ1) is 13.7. The van der Waals surface area contributed by atoms with Crippen molar-refractivity contribution in [2.45, 2.75) is 18.4 Å². The van der Waals surface area contributed by atoms with E-state index in [1.165, 1.54) is 0 Å². The second-order valence-electron chi connectivity index (χ2n) is 6.85. The normalized spacial score (nSPS) is 16.0. The zero-order valence-corrected chi connectivity index (χ0v) is 15.8. The van der Waals surface area contributed by atoms with E-state index >= 15 is 0 Å². The minimum absolute atomic E-state index is 0.203. The molecule has 4 rings (SSSR count). The van der Waals surface area contributed by atoms with Crippen LogP contribution in [0.4, 0.5) is 4.79 Å². The lowest BCUT2D eigenvalue weighted by Gasteiger charge is -2.23. The summed E-state index contributed by atoms with van der Waals surface area (Å²) < 4.78 is 21.9. The fourth-order valence-electron chi connectivity index (χ4n) is 3.22. The maximum atomic E-state index is 12.3. The Hall–Kier alpha value is -3.09. The molecule has 0 saturated heterocycles. The molecule has 0 atom stereocenters. The molecule has 1 aliphatic heterocycles. The van der Waals surface area contributed by atoms with E-state index in [0.29, 0.717) is 26.4 Å². The molecular weight excluding hydrogens is 360 g/mol. The molecule has 1 heterocycles. The lowest BCUT2D eigenvalue weighted by atomic mass is 10.0. The lowest BCUT2D eigenvalue weighted by Crippen LogP contribution is -2.43. The SMILES string of the molecule is COc1ccc(OCCNC(=O)NC2(c3ccc4c(c3)OCCO4)CC2)cc1. The van der Waals surface area contributed by atoms with Crippen LogP contribution >= 0.6 is 0 Å². The zero-order valence-electron chi connectivity index (χ0n) is 15.8. The van der Waals surface area contributed by atoms with Gasteiger partial charge in [-0.1, -0.05) is 6.07 Å². The molecule has 2 aliphatic rings. The van der Waals surface area contributed by atoms with Crippen LogP contribution in [0.3, 0.4) is 0 Å². The molecule has 2 amide bonds. The Morgan fingerprint density at radius 2 is 1.75 bits per heavy atom. The third-order valence-corrected chi connectivity index (χ3v) is 4.91. The van der Waals surface area contributed by atoms with Gasteiger partial charge in [0.1, 0.15) is 31.3 Å². The van der Waals surface area contributed by atoms with Gasteiger partial charge in [-0.15, -0.1) is 0 Å². The van der Waals surface area contributed by atoms with Crippen molar-refractivity contribution >= 4 is 6.03 Å². The first-order valence-electron chi connectivity index (χ1n) is 9.41. The Balaban J connectivity index is 1.25. The Kier molecular flexibility index (Phi) is 5.14. The summed E-state index contributed by atoms with van der Waals surface area (Å²) in [6.45, 7) is 1.91. The van der Waals surface area contributed by atoms with Crippen molar-refractivity contribution in [3.8, 4) is 23.0 Å². The number of fused-ring (bicyclic) bond motifs is 1. The fraction of sp³-hybridized carbons (Fsp3) is 0.381. The van der Waals surface area contributed by atoms with Crippen LogP contribution in [-0.2, 0) is 5.54 Å². The van der Waals surface area contributed by atoms with Crippen LogP contribution in [0, 0.1) is 0 Å². The van der Waals surface area contributed by atoms with Crippen LogP contribution in [0.2, 0.25) is 0 Å². The van der Waals surface area contributed by atoms with Crippen molar-refractivity contribution in [2.75, 3.05) is 33.5 Å². The molecule has 1 fully saturated rings. The molecule has 2 aromatic rings. The predicted octanol–water partition coefficient (Wildman–Crippen LogP) is 2.83. The van der Waals surface area contributed by atoms with E-state index in [-0.39, 0.29) is 11.6 Å². The van der Waals surface area contributed by atoms with Gasteiger partial charge >= 0.3 is 6.03 Å². The van der Waals surface area contributed by atoms with Crippen LogP contribution in [0.5, 0.6) is 23.0 Å². The van der Waals surface area contributed by atoms with Crippen LogP contribution in [0.15, 0.2) is 42.5 Å². The van der Waals surface area contributed by atoms with Crippen molar-refractivity contribution in [1.82, 2.24) is 10.6 Å². The number of carbonyl (C=O) groups excluding carboxylic acids is 1. The van der Waals surface area contributed by atoms with Gasteiger partial charge in [0.15, 0.2) is 11.5 Å². The van der Waals surface area contributed by atoms with Crippen LogP contribution in [0.25, 0.3) is 0 Å². The summed E-state index contributed by atoms with van der Waals surface area (Å²) >= 11 is 0. The number of carbonyl (C=O) groups is 1. The molecule has 0 spiro atoms. The second kappa shape index (κ2) is 7.88. The van der Waals surface area contributed by atoms with Gasteiger partial charge in [0, 0.05) is 0 Å². The number of urea groups is 1. The number of nitrogens with one attached hydrogen (secondary N) is 2. The summed E-state index contributed by atoms with van der Waals surface area (Å²) in [6.07, 6.45) is 1.81. The number of ether oxygens (including phenoxy) is 4. The molecular formula is C21H24N2O5. The van der Waals surface area contributed by atoms with E-state index in [4.69, 9.17) is 18.9 Å². The highest BCUT2D eigenvalue weighted by molar-refractivity contribution is 5.75. The van der Waals surface area contributed by atoms with Gasteiger partial charge in [-0.2, -0.15) is 0 Å². The standard InChI is InChI=1S/C21H24N2O5/c1-25-16-3-5-17(6-4-16)26-11-10-22-20(24)23-21(8-9-21)15-2-7-18-19(14-15)28-13-12-27-18/h2-7,14H,8-13H2,1H3,(H2,22,23,24). The number of hydrogen-bond acceptors (Lipinski definition) is 5. The Labute approximate surface area is 163 Å². The first-order valence-corrected chi connectivity index (χ1v) is 9.41. The number of hydrogen-bond donors (Lipinski definition) is 2. The van der Waals surface area contributed by atoms with E-state index in [1.807, 2.05) is 42.5 Å². The third kappa shape index (κ3) is 4.08. The molecule has 2 N–H and O–H groups in total. The maximum absolute atomic E-state index is 12.3. The van der Waals surface area contributed by atoms with Gasteiger partial charge in [-0.05, 0) is 54.8 Å². The van der Waals surface area contributed by atoms with E-state index in [1.54, 1.807) is 7.11 Å². The number of benzene rings is 2. The highest BCUT2D eigenvalue weighted by atomic mass is 16.6. The minimum atomic E-state index is -0.323. The molecule has 7 nitrogen and oxygen atoms in total. The third-order valence-electron chi connectivity index (χ3n) is 4.91. The summed E-state index contributed by atoms with van der Waals surface area (Å²) in [5.41, 5.74) is 0.720. The maximum Gasteiger partial charge on any atom is 0.315 e. The van der Waals surface area contributed by atoms with E-state index in [9.17, 15) is 4.79 Å². The first kappa shape index (κ1) is 18.3. The Morgan fingerprint density at radius 3 is 2.46 bits per heavy atom. The van der Waals surface area contributed by atoms with Crippen LogP contribution in [-0.4, -0.2) is 39.5 Å². The van der Waals surface area contributed by atoms with Crippen molar-refractivity contribution < 1.29 is 23.7 Å². The Morgan fingerprint density at radius 1 is 1.04 bits per heavy atom. The lowest BCUT2D eigenvalue weighted by molar-refractivity contribution is 0.171. The predicted molar refractivity (Wildman–Crippen MR) is 103 cm³/mol. The smallest absolute Gasteiger partial charge is 0.315 e. The second-order valence-corrected chi connectivity index (χ2v) is 6.85. The molecule has 2 aromatic carbocycles. The highest BCUT2D eigenvalue weighted by Gasteiger charge is 2.46. The molecule has 1 aliphatic carbocycles. The zero-order chi connectivity index (χ0) is 19.4. The van der Waals surface area contributed by atoms with Gasteiger partial charge in [0.05, 0.1) is 19.2 Å². The monoisotopic (exact) mass is 384 g/mol. The van der Waals surface area contributed by atoms with Crippen LogP contribution in [0.1, 0.15) is 18.4 Å². The summed E-state index contributed by atoms with van der Waals surface area (Å²) in [5.74, 6) is 3.01. The van der Waals surface area contributed by atoms with E-state index in [0.717, 1.165) is 41.4 Å². The fourth-order valence-corrected chi connectivity index (χ4v) is 3.22. The Bertz CT molecular complexity index is 833. The van der Waals surface area contributed by atoms with Crippen LogP contribution < -0.4 is 29.6 Å². The number of amides is 2. The summed E-state index contributed by atoms with van der Waals surface area (Å²) in [4.78, 5) is 12.3. The highest BCUT2D eigenvalue weighted by Crippen LogP contribution is 2.47. The molecule has 1 saturated carbocycles. The van der Waals surface area contributed by atoms with Gasteiger partial charge in [0.25, 0.3) is 0 Å². The van der Waals surface area contributed by atoms with Gasteiger partial charge in [-0.25, -0.2) is 4.79 Å². The molecule has 148 valence electrons. The number of methoxy groups -OCH3 is 1. The molecule has 0 bridgehead atoms. The molecule has 28 heavy (non-hydrogen) atoms. The quantitative estimate of drug-likeness (QED) is 0.718. The number of rotatable bonds is 7. The molecule has 0 unspecified atom stereocenters. The van der Waals surface area contributed by atoms with Crippen molar-refractivity contribution in [3.05, 3.63) is 48.0 Å². The molecule has 7 heteroatoms. The van der Waals surface area contributed by atoms with Crippen molar-refractivity contribution in [1.29, 1.82) is 0 Å². The topological polar surface area (TPSA) is 78.1 Å². The van der Waals surface area contributed by atoms with Crippen molar-refractivity contribution in [2.24, 2.45) is 0 Å². The van der Waals surface area contributed by atoms with Gasteiger partial charge in [-0.3, -0.25) is 0 Å². The summed E-state index contributed by atoms with van der Waals surface area (Å²) in [5, 5.41) is 5.93. The van der Waals surface area contributed by atoms with Gasteiger partial charge < -0.3 is 29.6 Å². The molecule has 0 radical (unpaired) electrons. The summed E-state index contributed by atoms with van der Waals surface area (Å²) in [6, 6.07) is 13.0. The average molecular weight is 384 g/mol. The van der Waals surface area contributed by atoms with Crippen molar-refractivity contribution in [3.63, 3.8) is 0 Å². The average Bonchev–Trinajstić information content (AvgIpc) is 3.52. The van der Waals surface area contributed by atoms with E-state index < -0.39 is 0 Å². The molecule has 0 aromatic heterocycles. The van der Waals surface area contributed by atoms with Gasteiger partial charge in [0.2, 0.25) is 0 Å². The largest absolute Gasteiger partial charge is 0.497 e.